The normalized spacial score (nSPS) is 11.7. The van der Waals surface area contributed by atoms with E-state index in [9.17, 15) is 18.4 Å². The maximum atomic E-state index is 13.5. The number of likely N-dealkylation sites (N-methyl/N-ethyl adjacent to an activating group) is 1. The summed E-state index contributed by atoms with van der Waals surface area (Å²) < 4.78 is 27.0. The zero-order valence-electron chi connectivity index (χ0n) is 13.4. The molecule has 8 heteroatoms. The molecule has 0 saturated carbocycles. The summed E-state index contributed by atoms with van der Waals surface area (Å²) in [5, 5.41) is 5.41. The third kappa shape index (κ3) is 5.81. The highest BCUT2D eigenvalue weighted by Gasteiger charge is 2.17. The minimum absolute atomic E-state index is 0.00972. The van der Waals surface area contributed by atoms with Crippen molar-refractivity contribution >= 4 is 34.8 Å². The van der Waals surface area contributed by atoms with Gasteiger partial charge in [-0.15, -0.1) is 0 Å². The molecule has 2 aromatic rings. The van der Waals surface area contributed by atoms with Crippen molar-refractivity contribution in [2.45, 2.75) is 0 Å². The summed E-state index contributed by atoms with van der Waals surface area (Å²) in [5.41, 5.74) is 0.0889. The monoisotopic (exact) mass is 368 g/mol. The second-order valence-electron chi connectivity index (χ2n) is 5.51. The standard InChI is InChI=1S/C17H16ClF2N3O2/c1-23(9-15(24)21-12-7-5-11(18)6-8-12)10-16(25)22-17-13(19)3-2-4-14(17)20/h2-8H,9-10H2,1H3,(H,21,24)(H,22,25)/p+1. The Hall–Kier alpha value is -2.51. The highest BCUT2D eigenvalue weighted by atomic mass is 35.5. The Kier molecular flexibility index (Phi) is 6.44. The van der Waals surface area contributed by atoms with E-state index >= 15 is 0 Å². The first-order chi connectivity index (χ1) is 11.8. The van der Waals surface area contributed by atoms with Crippen molar-refractivity contribution in [3.8, 4) is 0 Å². The van der Waals surface area contributed by atoms with Crippen molar-refractivity contribution in [2.24, 2.45) is 0 Å². The lowest BCUT2D eigenvalue weighted by molar-refractivity contribution is -0.862. The van der Waals surface area contributed by atoms with Crippen molar-refractivity contribution in [3.63, 3.8) is 0 Å². The number of hydrogen-bond acceptors (Lipinski definition) is 2. The van der Waals surface area contributed by atoms with Crippen molar-refractivity contribution in [1.29, 1.82) is 0 Å². The maximum Gasteiger partial charge on any atom is 0.279 e. The fourth-order valence-electron chi connectivity index (χ4n) is 2.15. The van der Waals surface area contributed by atoms with Gasteiger partial charge in [0.25, 0.3) is 11.8 Å². The fraction of sp³-hybridized carbons (Fsp3) is 0.176. The molecule has 0 aromatic heterocycles. The first-order valence-electron chi connectivity index (χ1n) is 7.45. The molecule has 132 valence electrons. The lowest BCUT2D eigenvalue weighted by Gasteiger charge is -2.14. The van der Waals surface area contributed by atoms with Crippen LogP contribution in [0.15, 0.2) is 42.5 Å². The summed E-state index contributed by atoms with van der Waals surface area (Å²) in [6, 6.07) is 9.91. The summed E-state index contributed by atoms with van der Waals surface area (Å²) in [4.78, 5) is 24.4. The molecular formula is C17H17ClF2N3O2+. The van der Waals surface area contributed by atoms with Crippen LogP contribution in [-0.4, -0.2) is 32.0 Å². The quantitative estimate of drug-likeness (QED) is 0.727. The lowest BCUT2D eigenvalue weighted by atomic mass is 10.3. The Morgan fingerprint density at radius 3 is 2.04 bits per heavy atom. The summed E-state index contributed by atoms with van der Waals surface area (Å²) in [6.07, 6.45) is 0. The summed E-state index contributed by atoms with van der Waals surface area (Å²) in [5.74, 6) is -2.61. The molecule has 5 nitrogen and oxygen atoms in total. The van der Waals surface area contributed by atoms with E-state index in [1.807, 2.05) is 0 Å². The van der Waals surface area contributed by atoms with Gasteiger partial charge in [-0.1, -0.05) is 17.7 Å². The molecule has 2 rings (SSSR count). The van der Waals surface area contributed by atoms with E-state index in [4.69, 9.17) is 11.6 Å². The summed E-state index contributed by atoms with van der Waals surface area (Å²) in [6.45, 7) is -0.113. The zero-order valence-corrected chi connectivity index (χ0v) is 14.2. The van der Waals surface area contributed by atoms with Gasteiger partial charge in [-0.2, -0.15) is 0 Å². The van der Waals surface area contributed by atoms with Crippen LogP contribution in [0, 0.1) is 11.6 Å². The molecule has 25 heavy (non-hydrogen) atoms. The number of nitrogens with one attached hydrogen (secondary N) is 3. The predicted molar refractivity (Wildman–Crippen MR) is 91.7 cm³/mol. The molecule has 0 aliphatic heterocycles. The van der Waals surface area contributed by atoms with Crippen molar-refractivity contribution in [3.05, 3.63) is 59.1 Å². The fourth-order valence-corrected chi connectivity index (χ4v) is 2.28. The molecule has 0 heterocycles. The van der Waals surface area contributed by atoms with Crippen LogP contribution >= 0.6 is 11.6 Å². The lowest BCUT2D eigenvalue weighted by Crippen LogP contribution is -3.11. The third-order valence-electron chi connectivity index (χ3n) is 3.28. The number of para-hydroxylation sites is 1. The van der Waals surface area contributed by atoms with Gasteiger partial charge in [0.05, 0.1) is 7.05 Å². The Labute approximate surface area is 148 Å². The summed E-state index contributed by atoms with van der Waals surface area (Å²) >= 11 is 5.76. The van der Waals surface area contributed by atoms with E-state index in [-0.39, 0.29) is 19.0 Å². The Morgan fingerprint density at radius 2 is 1.48 bits per heavy atom. The molecule has 0 aliphatic carbocycles. The number of amides is 2. The molecule has 3 N–H and O–H groups in total. The topological polar surface area (TPSA) is 62.6 Å². The van der Waals surface area contributed by atoms with E-state index in [1.54, 1.807) is 31.3 Å². The Bertz CT molecular complexity index is 749. The van der Waals surface area contributed by atoms with Crippen molar-refractivity contribution in [1.82, 2.24) is 0 Å². The molecule has 0 aliphatic rings. The van der Waals surface area contributed by atoms with Gasteiger partial charge in [0.2, 0.25) is 0 Å². The van der Waals surface area contributed by atoms with Gasteiger partial charge < -0.3 is 15.5 Å². The number of hydrogen-bond donors (Lipinski definition) is 3. The molecule has 2 aromatic carbocycles. The smallest absolute Gasteiger partial charge is 0.279 e. The van der Waals surface area contributed by atoms with Crippen molar-refractivity contribution in [2.75, 3.05) is 30.8 Å². The highest BCUT2D eigenvalue weighted by Crippen LogP contribution is 2.17. The third-order valence-corrected chi connectivity index (χ3v) is 3.53. The minimum Gasteiger partial charge on any atom is -0.322 e. The number of halogens is 3. The molecule has 0 fully saturated rings. The maximum absolute atomic E-state index is 13.5. The number of anilines is 2. The van der Waals surface area contributed by atoms with Crippen LogP contribution in [0.2, 0.25) is 5.02 Å². The Balaban J connectivity index is 1.84. The SMILES string of the molecule is C[NH+](CC(=O)Nc1ccc(Cl)cc1)CC(=O)Nc1c(F)cccc1F. The van der Waals surface area contributed by atoms with Gasteiger partial charge >= 0.3 is 0 Å². The van der Waals surface area contributed by atoms with E-state index in [0.717, 1.165) is 12.1 Å². The molecule has 1 atom stereocenters. The first kappa shape index (κ1) is 18.8. The number of benzene rings is 2. The summed E-state index contributed by atoms with van der Waals surface area (Å²) in [7, 11) is 1.62. The molecule has 0 radical (unpaired) electrons. The van der Waals surface area contributed by atoms with Crippen LogP contribution in [-0.2, 0) is 9.59 Å². The van der Waals surface area contributed by atoms with E-state index in [1.165, 1.54) is 6.07 Å². The van der Waals surface area contributed by atoms with Gasteiger partial charge in [0.1, 0.15) is 17.3 Å². The van der Waals surface area contributed by atoms with Crippen LogP contribution < -0.4 is 15.5 Å². The van der Waals surface area contributed by atoms with Crippen LogP contribution in [0.5, 0.6) is 0 Å². The molecule has 1 unspecified atom stereocenters. The van der Waals surface area contributed by atoms with Gasteiger partial charge in [-0.3, -0.25) is 9.59 Å². The molecular weight excluding hydrogens is 352 g/mol. The molecule has 0 bridgehead atoms. The van der Waals surface area contributed by atoms with Crippen LogP contribution in [0.1, 0.15) is 0 Å². The number of carbonyl (C=O) groups excluding carboxylic acids is 2. The predicted octanol–water partition coefficient (Wildman–Crippen LogP) is 1.71. The molecule has 0 saturated heterocycles. The molecule has 0 spiro atoms. The average Bonchev–Trinajstić information content (AvgIpc) is 2.53. The number of carbonyl (C=O) groups is 2. The van der Waals surface area contributed by atoms with E-state index in [0.29, 0.717) is 15.6 Å². The first-order valence-corrected chi connectivity index (χ1v) is 7.83. The van der Waals surface area contributed by atoms with Gasteiger partial charge in [0.15, 0.2) is 13.1 Å². The number of quaternary nitrogens is 1. The average molecular weight is 369 g/mol. The van der Waals surface area contributed by atoms with Crippen LogP contribution in [0.3, 0.4) is 0 Å². The number of rotatable bonds is 6. The zero-order chi connectivity index (χ0) is 18.4. The molecule has 2 amide bonds. The van der Waals surface area contributed by atoms with E-state index in [2.05, 4.69) is 10.6 Å². The van der Waals surface area contributed by atoms with Crippen LogP contribution in [0.25, 0.3) is 0 Å². The van der Waals surface area contributed by atoms with Crippen LogP contribution in [0.4, 0.5) is 20.2 Å². The van der Waals surface area contributed by atoms with Gasteiger partial charge in [0, 0.05) is 10.7 Å². The van der Waals surface area contributed by atoms with Crippen molar-refractivity contribution < 1.29 is 23.3 Å². The Morgan fingerprint density at radius 1 is 0.960 bits per heavy atom. The largest absolute Gasteiger partial charge is 0.322 e. The minimum atomic E-state index is -0.855. The van der Waals surface area contributed by atoms with E-state index < -0.39 is 23.2 Å². The highest BCUT2D eigenvalue weighted by molar-refractivity contribution is 6.30. The van der Waals surface area contributed by atoms with Gasteiger partial charge in [-0.25, -0.2) is 8.78 Å². The second kappa shape index (κ2) is 8.55. The van der Waals surface area contributed by atoms with Gasteiger partial charge in [-0.05, 0) is 36.4 Å². The second-order valence-corrected chi connectivity index (χ2v) is 5.95.